The summed E-state index contributed by atoms with van der Waals surface area (Å²) in [5.41, 5.74) is 0.885. The van der Waals surface area contributed by atoms with E-state index in [1.165, 1.54) is 0 Å². The van der Waals surface area contributed by atoms with E-state index in [4.69, 9.17) is 14.4 Å². The van der Waals surface area contributed by atoms with Crippen molar-refractivity contribution in [2.75, 3.05) is 19.8 Å². The lowest BCUT2D eigenvalue weighted by atomic mass is 9.91. The molecule has 1 aliphatic heterocycles. The third kappa shape index (κ3) is 2.42. The smallest absolute Gasteiger partial charge is 0.162 e. The molecule has 5 nitrogen and oxygen atoms in total. The molecule has 2 N–H and O–H groups in total. The SMILES string of the molecule is CCCNC1(Cc2cc(CO)on2)COC1. The fraction of sp³-hybridized carbons (Fsp3) is 0.727. The van der Waals surface area contributed by atoms with Crippen LogP contribution in [0.5, 0.6) is 0 Å². The van der Waals surface area contributed by atoms with Gasteiger partial charge in [-0.2, -0.15) is 0 Å². The standard InChI is InChI=1S/C11H18N2O3/c1-2-3-12-11(7-15-8-11)5-9-4-10(6-14)16-13-9/h4,12,14H,2-3,5-8H2,1H3. The lowest BCUT2D eigenvalue weighted by molar-refractivity contribution is -0.0743. The lowest BCUT2D eigenvalue weighted by Crippen LogP contribution is -2.62. The van der Waals surface area contributed by atoms with E-state index in [9.17, 15) is 0 Å². The minimum atomic E-state index is -0.0983. The molecule has 2 rings (SSSR count). The van der Waals surface area contributed by atoms with Crippen molar-refractivity contribution in [3.8, 4) is 0 Å². The van der Waals surface area contributed by atoms with E-state index < -0.39 is 0 Å². The van der Waals surface area contributed by atoms with Crippen LogP contribution >= 0.6 is 0 Å². The summed E-state index contributed by atoms with van der Waals surface area (Å²) in [7, 11) is 0. The Kier molecular flexibility index (Phi) is 3.58. The molecule has 1 aromatic heterocycles. The molecular formula is C11H18N2O3. The Morgan fingerprint density at radius 2 is 2.38 bits per heavy atom. The summed E-state index contributed by atoms with van der Waals surface area (Å²) in [4.78, 5) is 0. The van der Waals surface area contributed by atoms with Gasteiger partial charge in [0.25, 0.3) is 0 Å². The zero-order chi connectivity index (χ0) is 11.4. The first-order chi connectivity index (χ1) is 7.78. The van der Waals surface area contributed by atoms with Crippen LogP contribution in [-0.2, 0) is 17.8 Å². The molecule has 0 aromatic carbocycles. The van der Waals surface area contributed by atoms with Crippen LogP contribution in [0.1, 0.15) is 24.8 Å². The zero-order valence-electron chi connectivity index (χ0n) is 9.53. The zero-order valence-corrected chi connectivity index (χ0v) is 9.53. The number of nitrogens with zero attached hydrogens (tertiary/aromatic N) is 1. The second-order valence-electron chi connectivity index (χ2n) is 4.32. The fourth-order valence-electron chi connectivity index (χ4n) is 1.87. The summed E-state index contributed by atoms with van der Waals surface area (Å²) in [6.07, 6.45) is 1.89. The van der Waals surface area contributed by atoms with Crippen LogP contribution in [0.25, 0.3) is 0 Å². The molecule has 0 unspecified atom stereocenters. The Morgan fingerprint density at radius 1 is 1.56 bits per heavy atom. The number of aliphatic hydroxyl groups excluding tert-OH is 1. The first kappa shape index (κ1) is 11.6. The van der Waals surface area contributed by atoms with Crippen LogP contribution in [0.15, 0.2) is 10.6 Å². The van der Waals surface area contributed by atoms with E-state index >= 15 is 0 Å². The molecule has 2 heterocycles. The quantitative estimate of drug-likeness (QED) is 0.738. The number of rotatable bonds is 6. The van der Waals surface area contributed by atoms with E-state index in [1.54, 1.807) is 6.07 Å². The first-order valence-corrected chi connectivity index (χ1v) is 5.66. The van der Waals surface area contributed by atoms with Crippen molar-refractivity contribution >= 4 is 0 Å². The normalized spacial score (nSPS) is 18.4. The Bertz CT molecular complexity index is 334. The summed E-state index contributed by atoms with van der Waals surface area (Å²) in [6, 6.07) is 1.80. The number of hydrogen-bond donors (Lipinski definition) is 2. The van der Waals surface area contributed by atoms with Gasteiger partial charge in [-0.3, -0.25) is 0 Å². The van der Waals surface area contributed by atoms with Crippen LogP contribution in [0.2, 0.25) is 0 Å². The summed E-state index contributed by atoms with van der Waals surface area (Å²) in [6.45, 7) is 4.45. The highest BCUT2D eigenvalue weighted by Gasteiger charge is 2.38. The molecule has 5 heteroatoms. The van der Waals surface area contributed by atoms with E-state index in [0.29, 0.717) is 19.0 Å². The minimum absolute atomic E-state index is 0.0135. The van der Waals surface area contributed by atoms with Crippen molar-refractivity contribution in [3.05, 3.63) is 17.5 Å². The molecule has 16 heavy (non-hydrogen) atoms. The van der Waals surface area contributed by atoms with Gasteiger partial charge in [-0.1, -0.05) is 12.1 Å². The molecule has 1 saturated heterocycles. The molecule has 0 spiro atoms. The van der Waals surface area contributed by atoms with Crippen molar-refractivity contribution in [1.82, 2.24) is 10.5 Å². The molecule has 0 saturated carbocycles. The predicted molar refractivity (Wildman–Crippen MR) is 58.0 cm³/mol. The molecule has 0 amide bonds. The van der Waals surface area contributed by atoms with Gasteiger partial charge in [0.1, 0.15) is 6.61 Å². The maximum absolute atomic E-state index is 8.89. The van der Waals surface area contributed by atoms with Crippen LogP contribution in [-0.4, -0.2) is 35.6 Å². The van der Waals surface area contributed by atoms with Crippen molar-refractivity contribution in [2.45, 2.75) is 31.9 Å². The summed E-state index contributed by atoms with van der Waals surface area (Å²) >= 11 is 0. The van der Waals surface area contributed by atoms with Gasteiger partial charge in [0.05, 0.1) is 24.4 Å². The van der Waals surface area contributed by atoms with Crippen molar-refractivity contribution < 1.29 is 14.4 Å². The molecule has 0 bridgehead atoms. The summed E-state index contributed by atoms with van der Waals surface area (Å²) in [5.74, 6) is 0.515. The number of hydrogen-bond acceptors (Lipinski definition) is 5. The summed E-state index contributed by atoms with van der Waals surface area (Å²) < 4.78 is 10.2. The third-order valence-corrected chi connectivity index (χ3v) is 2.79. The third-order valence-electron chi connectivity index (χ3n) is 2.79. The minimum Gasteiger partial charge on any atom is -0.388 e. The van der Waals surface area contributed by atoms with Gasteiger partial charge in [-0.05, 0) is 13.0 Å². The number of aromatic nitrogens is 1. The van der Waals surface area contributed by atoms with Crippen LogP contribution in [0.3, 0.4) is 0 Å². The lowest BCUT2D eigenvalue weighted by Gasteiger charge is -2.42. The maximum Gasteiger partial charge on any atom is 0.162 e. The maximum atomic E-state index is 8.89. The number of nitrogens with one attached hydrogen (secondary N) is 1. The Morgan fingerprint density at radius 3 is 2.88 bits per heavy atom. The Balaban J connectivity index is 1.95. The molecule has 1 aromatic rings. The monoisotopic (exact) mass is 226 g/mol. The molecule has 1 fully saturated rings. The topological polar surface area (TPSA) is 67.5 Å². The number of aliphatic hydroxyl groups is 1. The van der Waals surface area contributed by atoms with E-state index in [0.717, 1.165) is 25.1 Å². The van der Waals surface area contributed by atoms with E-state index in [2.05, 4.69) is 17.4 Å². The van der Waals surface area contributed by atoms with Crippen molar-refractivity contribution in [2.24, 2.45) is 0 Å². The first-order valence-electron chi connectivity index (χ1n) is 5.66. The van der Waals surface area contributed by atoms with E-state index in [-0.39, 0.29) is 12.1 Å². The molecule has 0 aliphatic carbocycles. The summed E-state index contributed by atoms with van der Waals surface area (Å²) in [5, 5.41) is 16.3. The van der Waals surface area contributed by atoms with Gasteiger partial charge in [-0.15, -0.1) is 0 Å². The molecule has 1 aliphatic rings. The van der Waals surface area contributed by atoms with Gasteiger partial charge < -0.3 is 19.7 Å². The van der Waals surface area contributed by atoms with Gasteiger partial charge in [0.2, 0.25) is 0 Å². The molecule has 0 radical (unpaired) electrons. The van der Waals surface area contributed by atoms with Crippen LogP contribution in [0.4, 0.5) is 0 Å². The fourth-order valence-corrected chi connectivity index (χ4v) is 1.87. The predicted octanol–water partition coefficient (Wildman–Crippen LogP) is 0.478. The van der Waals surface area contributed by atoms with Crippen molar-refractivity contribution in [3.63, 3.8) is 0 Å². The second-order valence-corrected chi connectivity index (χ2v) is 4.32. The average Bonchev–Trinajstić information content (AvgIpc) is 2.69. The van der Waals surface area contributed by atoms with Crippen LogP contribution in [0, 0.1) is 0 Å². The van der Waals surface area contributed by atoms with Gasteiger partial charge >= 0.3 is 0 Å². The van der Waals surface area contributed by atoms with Gasteiger partial charge in [0.15, 0.2) is 5.76 Å². The molecular weight excluding hydrogens is 208 g/mol. The average molecular weight is 226 g/mol. The van der Waals surface area contributed by atoms with Crippen LogP contribution < -0.4 is 5.32 Å². The van der Waals surface area contributed by atoms with Crippen molar-refractivity contribution in [1.29, 1.82) is 0 Å². The Labute approximate surface area is 94.8 Å². The Hall–Kier alpha value is -0.910. The highest BCUT2D eigenvalue weighted by atomic mass is 16.5. The van der Waals surface area contributed by atoms with Gasteiger partial charge in [0, 0.05) is 12.5 Å². The highest BCUT2D eigenvalue weighted by Crippen LogP contribution is 2.22. The highest BCUT2D eigenvalue weighted by molar-refractivity contribution is 5.11. The molecule has 90 valence electrons. The molecule has 0 atom stereocenters. The second kappa shape index (κ2) is 4.95. The van der Waals surface area contributed by atoms with E-state index in [1.807, 2.05) is 0 Å². The van der Waals surface area contributed by atoms with Gasteiger partial charge in [-0.25, -0.2) is 0 Å². The largest absolute Gasteiger partial charge is 0.388 e. The number of ether oxygens (including phenoxy) is 1.